The summed E-state index contributed by atoms with van der Waals surface area (Å²) < 4.78 is 40.4. The highest BCUT2D eigenvalue weighted by atomic mass is 19.4. The maximum absolute atomic E-state index is 12.8. The average Bonchev–Trinajstić information content (AvgIpc) is 3.26. The van der Waals surface area contributed by atoms with E-state index in [1.165, 1.54) is 0 Å². The molecule has 1 aliphatic carbocycles. The third-order valence-electron chi connectivity index (χ3n) is 5.35. The summed E-state index contributed by atoms with van der Waals surface area (Å²) in [4.78, 5) is 22.8. The van der Waals surface area contributed by atoms with Crippen molar-refractivity contribution in [3.05, 3.63) is 59.2 Å². The fraction of sp³-hybridized carbons (Fsp3) is 0.350. The monoisotopic (exact) mass is 403 g/mol. The van der Waals surface area contributed by atoms with Crippen LogP contribution in [0.5, 0.6) is 0 Å². The van der Waals surface area contributed by atoms with Crippen LogP contribution in [0.25, 0.3) is 5.69 Å². The van der Waals surface area contributed by atoms with Gasteiger partial charge in [-0.1, -0.05) is 0 Å². The fourth-order valence-electron chi connectivity index (χ4n) is 3.55. The quantitative estimate of drug-likeness (QED) is 0.695. The first-order valence-electron chi connectivity index (χ1n) is 9.29. The van der Waals surface area contributed by atoms with Gasteiger partial charge in [0.05, 0.1) is 17.7 Å². The van der Waals surface area contributed by atoms with Gasteiger partial charge in [-0.3, -0.25) is 4.79 Å². The average molecular weight is 403 g/mol. The predicted molar refractivity (Wildman–Crippen MR) is 101 cm³/mol. The molecule has 3 aromatic rings. The molecule has 4 rings (SSSR count). The number of anilines is 1. The van der Waals surface area contributed by atoms with E-state index in [2.05, 4.69) is 20.3 Å². The van der Waals surface area contributed by atoms with Crippen LogP contribution in [-0.2, 0) is 23.8 Å². The Labute approximate surface area is 165 Å². The lowest BCUT2D eigenvalue weighted by Crippen LogP contribution is -2.28. The van der Waals surface area contributed by atoms with E-state index in [1.807, 2.05) is 30.5 Å². The van der Waals surface area contributed by atoms with Gasteiger partial charge < -0.3 is 14.9 Å². The van der Waals surface area contributed by atoms with Crippen molar-refractivity contribution in [2.75, 3.05) is 5.32 Å². The fourth-order valence-corrected chi connectivity index (χ4v) is 3.55. The third-order valence-corrected chi connectivity index (χ3v) is 5.35. The number of carbonyl (C=O) groups excluding carboxylic acids is 1. The second kappa shape index (κ2) is 7.06. The zero-order chi connectivity index (χ0) is 20.8. The minimum atomic E-state index is -4.51. The Morgan fingerprint density at radius 1 is 1.24 bits per heavy atom. The van der Waals surface area contributed by atoms with Crippen LogP contribution in [0.4, 0.5) is 18.9 Å². The second-order valence-corrected chi connectivity index (χ2v) is 7.27. The number of nitrogens with one attached hydrogen (secondary N) is 2. The Hall–Kier alpha value is -3.10. The normalized spacial score (nSPS) is 16.5. The zero-order valence-corrected chi connectivity index (χ0v) is 16.0. The highest BCUT2D eigenvalue weighted by Crippen LogP contribution is 2.31. The molecule has 1 amide bonds. The molecule has 1 aliphatic rings. The SMILES string of the molecule is Cc1ncn(-c2ccc(NC(=O)C3CCc4nc(C(F)(F)F)[nH]c4C3)cc2)c1C. The number of aryl methyl sites for hydroxylation is 2. The molecule has 0 fully saturated rings. The minimum absolute atomic E-state index is 0.207. The molecule has 0 saturated carbocycles. The van der Waals surface area contributed by atoms with Crippen molar-refractivity contribution in [3.63, 3.8) is 0 Å². The molecule has 9 heteroatoms. The number of hydrogen-bond acceptors (Lipinski definition) is 3. The van der Waals surface area contributed by atoms with Crippen LogP contribution in [-0.4, -0.2) is 25.4 Å². The van der Waals surface area contributed by atoms with Gasteiger partial charge in [-0.05, 0) is 51.0 Å². The zero-order valence-electron chi connectivity index (χ0n) is 16.0. The first-order chi connectivity index (χ1) is 13.7. The molecular formula is C20H20F3N5O. The highest BCUT2D eigenvalue weighted by molar-refractivity contribution is 5.92. The molecule has 2 heterocycles. The molecule has 1 aromatic carbocycles. The number of nitrogens with zero attached hydrogens (tertiary/aromatic N) is 3. The van der Waals surface area contributed by atoms with Crippen molar-refractivity contribution >= 4 is 11.6 Å². The molecule has 0 spiro atoms. The Kier molecular flexibility index (Phi) is 4.68. The van der Waals surface area contributed by atoms with Gasteiger partial charge in [0.2, 0.25) is 11.7 Å². The summed E-state index contributed by atoms with van der Waals surface area (Å²) in [6, 6.07) is 7.36. The molecule has 0 aliphatic heterocycles. The van der Waals surface area contributed by atoms with Gasteiger partial charge in [-0.2, -0.15) is 13.2 Å². The number of hydrogen-bond donors (Lipinski definition) is 2. The van der Waals surface area contributed by atoms with Crippen LogP contribution in [0.2, 0.25) is 0 Å². The van der Waals surface area contributed by atoms with Crippen molar-refractivity contribution in [3.8, 4) is 5.69 Å². The van der Waals surface area contributed by atoms with E-state index in [0.717, 1.165) is 17.1 Å². The molecular weight excluding hydrogens is 383 g/mol. The van der Waals surface area contributed by atoms with Crippen LogP contribution in [0.3, 0.4) is 0 Å². The number of rotatable bonds is 3. The molecule has 1 unspecified atom stereocenters. The van der Waals surface area contributed by atoms with Crippen LogP contribution < -0.4 is 5.32 Å². The van der Waals surface area contributed by atoms with Crippen LogP contribution >= 0.6 is 0 Å². The number of aromatic amines is 1. The van der Waals surface area contributed by atoms with E-state index in [-0.39, 0.29) is 12.3 Å². The van der Waals surface area contributed by atoms with Gasteiger partial charge in [0, 0.05) is 35.1 Å². The molecule has 152 valence electrons. The van der Waals surface area contributed by atoms with E-state index >= 15 is 0 Å². The van der Waals surface area contributed by atoms with Crippen LogP contribution in [0.15, 0.2) is 30.6 Å². The van der Waals surface area contributed by atoms with E-state index < -0.39 is 17.9 Å². The Balaban J connectivity index is 1.43. The topological polar surface area (TPSA) is 75.6 Å². The molecule has 2 aromatic heterocycles. The summed E-state index contributed by atoms with van der Waals surface area (Å²) in [5.74, 6) is -1.60. The summed E-state index contributed by atoms with van der Waals surface area (Å²) in [5.41, 5.74) is 4.35. The lowest BCUT2D eigenvalue weighted by atomic mass is 9.89. The van der Waals surface area contributed by atoms with Gasteiger partial charge >= 0.3 is 6.18 Å². The van der Waals surface area contributed by atoms with Crippen LogP contribution in [0, 0.1) is 19.8 Å². The van der Waals surface area contributed by atoms with Crippen molar-refractivity contribution in [1.29, 1.82) is 0 Å². The smallest absolute Gasteiger partial charge is 0.338 e. The molecule has 0 saturated heterocycles. The van der Waals surface area contributed by atoms with Gasteiger partial charge in [-0.25, -0.2) is 9.97 Å². The first-order valence-corrected chi connectivity index (χ1v) is 9.29. The maximum Gasteiger partial charge on any atom is 0.449 e. The lowest BCUT2D eigenvalue weighted by molar-refractivity contribution is -0.144. The third kappa shape index (κ3) is 3.76. The second-order valence-electron chi connectivity index (χ2n) is 7.27. The minimum Gasteiger partial charge on any atom is -0.338 e. The number of carbonyl (C=O) groups is 1. The predicted octanol–water partition coefficient (Wildman–Crippen LogP) is 3.97. The van der Waals surface area contributed by atoms with Gasteiger partial charge in [-0.15, -0.1) is 0 Å². The number of H-pyrrole nitrogens is 1. The summed E-state index contributed by atoms with van der Waals surface area (Å²) in [5, 5.41) is 2.86. The largest absolute Gasteiger partial charge is 0.449 e. The summed E-state index contributed by atoms with van der Waals surface area (Å²) in [7, 11) is 0. The Morgan fingerprint density at radius 2 is 1.97 bits per heavy atom. The van der Waals surface area contributed by atoms with Crippen molar-refractivity contribution in [2.45, 2.75) is 39.3 Å². The number of halogens is 3. The van der Waals surface area contributed by atoms with Gasteiger partial charge in [0.15, 0.2) is 0 Å². The van der Waals surface area contributed by atoms with Crippen molar-refractivity contribution < 1.29 is 18.0 Å². The Morgan fingerprint density at radius 3 is 2.59 bits per heavy atom. The van der Waals surface area contributed by atoms with Gasteiger partial charge in [0.1, 0.15) is 0 Å². The van der Waals surface area contributed by atoms with E-state index in [9.17, 15) is 18.0 Å². The van der Waals surface area contributed by atoms with E-state index in [0.29, 0.717) is 29.9 Å². The number of benzene rings is 1. The first kappa shape index (κ1) is 19.2. The lowest BCUT2D eigenvalue weighted by Gasteiger charge is -2.20. The number of aromatic nitrogens is 4. The van der Waals surface area contributed by atoms with E-state index in [4.69, 9.17) is 0 Å². The summed E-state index contributed by atoms with van der Waals surface area (Å²) in [6.07, 6.45) is -1.74. The molecule has 6 nitrogen and oxygen atoms in total. The Bertz CT molecular complexity index is 1050. The molecule has 0 radical (unpaired) electrons. The van der Waals surface area contributed by atoms with Crippen molar-refractivity contribution in [2.24, 2.45) is 5.92 Å². The number of fused-ring (bicyclic) bond motifs is 1. The summed E-state index contributed by atoms with van der Waals surface area (Å²) >= 11 is 0. The molecule has 2 N–H and O–H groups in total. The highest BCUT2D eigenvalue weighted by Gasteiger charge is 2.37. The molecule has 1 atom stereocenters. The van der Waals surface area contributed by atoms with Crippen molar-refractivity contribution in [1.82, 2.24) is 19.5 Å². The number of imidazole rings is 2. The van der Waals surface area contributed by atoms with E-state index in [1.54, 1.807) is 18.5 Å². The number of alkyl halides is 3. The maximum atomic E-state index is 12.8. The summed E-state index contributed by atoms with van der Waals surface area (Å²) in [6.45, 7) is 3.92. The van der Waals surface area contributed by atoms with Gasteiger partial charge in [0.25, 0.3) is 0 Å². The number of amides is 1. The van der Waals surface area contributed by atoms with Crippen LogP contribution in [0.1, 0.15) is 35.0 Å². The standard InChI is InChI=1S/C20H20F3N5O/c1-11-12(2)28(10-24-11)15-6-4-14(5-7-15)25-18(29)13-3-8-16-17(9-13)27-19(26-16)20(21,22)23/h4-7,10,13H,3,8-9H2,1-2H3,(H,25,29)(H,26,27). The molecule has 29 heavy (non-hydrogen) atoms. The molecule has 0 bridgehead atoms.